The van der Waals surface area contributed by atoms with E-state index in [1.54, 1.807) is 7.11 Å². The van der Waals surface area contributed by atoms with Gasteiger partial charge < -0.3 is 15.2 Å². The highest BCUT2D eigenvalue weighted by Gasteiger charge is 2.16. The summed E-state index contributed by atoms with van der Waals surface area (Å²) in [5.74, 6) is 1.31. The van der Waals surface area contributed by atoms with E-state index < -0.39 is 0 Å². The molecule has 0 aliphatic heterocycles. The van der Waals surface area contributed by atoms with Gasteiger partial charge in [-0.05, 0) is 30.5 Å². The number of hydrogen-bond donors (Lipinski definition) is 2. The Morgan fingerprint density at radius 2 is 2.06 bits per heavy atom. The van der Waals surface area contributed by atoms with Crippen molar-refractivity contribution in [2.45, 2.75) is 39.2 Å². The molecule has 0 heterocycles. The van der Waals surface area contributed by atoms with E-state index in [9.17, 15) is 5.11 Å². The fourth-order valence-electron chi connectivity index (χ4n) is 1.98. The lowest BCUT2D eigenvalue weighted by molar-refractivity contribution is 0.241. The molecule has 1 aromatic rings. The highest BCUT2D eigenvalue weighted by atomic mass is 16.5. The number of aliphatic hydroxyl groups excluding tert-OH is 1. The molecule has 0 radical (unpaired) electrons. The van der Waals surface area contributed by atoms with Gasteiger partial charge in [0.15, 0.2) is 0 Å². The standard InChI is InChI=1S/C15H25NO2/c1-5-8-16-14(10-17)13-9-12(11(2)3)6-7-15(13)18-4/h6-7,9,11,14,16-17H,5,8,10H2,1-4H3. The molecule has 102 valence electrons. The van der Waals surface area contributed by atoms with Crippen molar-refractivity contribution in [3.63, 3.8) is 0 Å². The van der Waals surface area contributed by atoms with Crippen LogP contribution in [0.25, 0.3) is 0 Å². The number of hydrogen-bond acceptors (Lipinski definition) is 3. The van der Waals surface area contributed by atoms with Crippen LogP contribution in [0.1, 0.15) is 50.3 Å². The van der Waals surface area contributed by atoms with Crippen LogP contribution in [-0.2, 0) is 0 Å². The molecule has 0 saturated heterocycles. The molecule has 0 saturated carbocycles. The van der Waals surface area contributed by atoms with Gasteiger partial charge >= 0.3 is 0 Å². The molecule has 1 unspecified atom stereocenters. The van der Waals surface area contributed by atoms with Crippen LogP contribution in [0.2, 0.25) is 0 Å². The summed E-state index contributed by atoms with van der Waals surface area (Å²) in [7, 11) is 1.67. The van der Waals surface area contributed by atoms with E-state index in [1.165, 1.54) is 5.56 Å². The minimum Gasteiger partial charge on any atom is -0.496 e. The molecule has 0 amide bonds. The zero-order valence-electron chi connectivity index (χ0n) is 11.9. The molecule has 1 aromatic carbocycles. The quantitative estimate of drug-likeness (QED) is 0.783. The van der Waals surface area contributed by atoms with Crippen LogP contribution in [0.4, 0.5) is 0 Å². The van der Waals surface area contributed by atoms with E-state index in [1.807, 2.05) is 6.07 Å². The maximum absolute atomic E-state index is 9.54. The van der Waals surface area contributed by atoms with Crippen LogP contribution >= 0.6 is 0 Å². The normalized spacial score (nSPS) is 12.8. The maximum atomic E-state index is 9.54. The lowest BCUT2D eigenvalue weighted by atomic mass is 9.97. The van der Waals surface area contributed by atoms with Crippen LogP contribution in [0.15, 0.2) is 18.2 Å². The average Bonchev–Trinajstić information content (AvgIpc) is 2.39. The van der Waals surface area contributed by atoms with Crippen LogP contribution < -0.4 is 10.1 Å². The first-order valence-corrected chi connectivity index (χ1v) is 6.66. The highest BCUT2D eigenvalue weighted by molar-refractivity contribution is 5.40. The third kappa shape index (κ3) is 3.72. The molecule has 0 bridgehead atoms. The van der Waals surface area contributed by atoms with Crippen molar-refractivity contribution in [2.75, 3.05) is 20.3 Å². The molecule has 0 aromatic heterocycles. The number of aliphatic hydroxyl groups is 1. The second kappa shape index (κ2) is 7.39. The second-order valence-corrected chi connectivity index (χ2v) is 4.85. The Balaban J connectivity index is 3.04. The smallest absolute Gasteiger partial charge is 0.123 e. The van der Waals surface area contributed by atoms with E-state index in [2.05, 4.69) is 38.2 Å². The van der Waals surface area contributed by atoms with Gasteiger partial charge in [0.2, 0.25) is 0 Å². The molecule has 0 aliphatic rings. The van der Waals surface area contributed by atoms with E-state index in [4.69, 9.17) is 4.74 Å². The minimum atomic E-state index is -0.0569. The largest absolute Gasteiger partial charge is 0.496 e. The fourth-order valence-corrected chi connectivity index (χ4v) is 1.98. The van der Waals surface area contributed by atoms with E-state index in [0.29, 0.717) is 5.92 Å². The fraction of sp³-hybridized carbons (Fsp3) is 0.600. The van der Waals surface area contributed by atoms with Gasteiger partial charge in [-0.1, -0.05) is 32.9 Å². The molecule has 2 N–H and O–H groups in total. The SMILES string of the molecule is CCCNC(CO)c1cc(C(C)C)ccc1OC. The Hall–Kier alpha value is -1.06. The number of rotatable bonds is 7. The first-order chi connectivity index (χ1) is 8.63. The van der Waals surface area contributed by atoms with Crippen LogP contribution in [0, 0.1) is 0 Å². The van der Waals surface area contributed by atoms with Crippen molar-refractivity contribution in [1.29, 1.82) is 0 Å². The van der Waals surface area contributed by atoms with Gasteiger partial charge in [0.25, 0.3) is 0 Å². The number of ether oxygens (including phenoxy) is 1. The first kappa shape index (κ1) is 15.0. The average molecular weight is 251 g/mol. The Kier molecular flexibility index (Phi) is 6.16. The monoisotopic (exact) mass is 251 g/mol. The molecular formula is C15H25NO2. The summed E-state index contributed by atoms with van der Waals surface area (Å²) in [6.07, 6.45) is 1.04. The molecule has 3 heteroatoms. The van der Waals surface area contributed by atoms with Gasteiger partial charge in [-0.2, -0.15) is 0 Å². The Labute approximate surface area is 110 Å². The molecule has 1 rings (SSSR count). The summed E-state index contributed by atoms with van der Waals surface area (Å²) in [6, 6.07) is 6.15. The zero-order valence-corrected chi connectivity index (χ0v) is 11.9. The summed E-state index contributed by atoms with van der Waals surface area (Å²) in [6.45, 7) is 7.42. The zero-order chi connectivity index (χ0) is 13.5. The van der Waals surface area contributed by atoms with Crippen molar-refractivity contribution >= 4 is 0 Å². The van der Waals surface area contributed by atoms with Crippen molar-refractivity contribution in [1.82, 2.24) is 5.32 Å². The van der Waals surface area contributed by atoms with Gasteiger partial charge in [-0.25, -0.2) is 0 Å². The Morgan fingerprint density at radius 1 is 1.33 bits per heavy atom. The summed E-state index contributed by atoms with van der Waals surface area (Å²) >= 11 is 0. The van der Waals surface area contributed by atoms with Crippen molar-refractivity contribution in [2.24, 2.45) is 0 Å². The maximum Gasteiger partial charge on any atom is 0.123 e. The summed E-state index contributed by atoms with van der Waals surface area (Å²) < 4.78 is 5.39. The van der Waals surface area contributed by atoms with Crippen LogP contribution in [-0.4, -0.2) is 25.4 Å². The third-order valence-electron chi connectivity index (χ3n) is 3.12. The molecule has 18 heavy (non-hydrogen) atoms. The van der Waals surface area contributed by atoms with Crippen molar-refractivity contribution in [3.05, 3.63) is 29.3 Å². The predicted octanol–water partition coefficient (Wildman–Crippen LogP) is 2.85. The first-order valence-electron chi connectivity index (χ1n) is 6.66. The summed E-state index contributed by atoms with van der Waals surface area (Å²) in [5.41, 5.74) is 2.31. The van der Waals surface area contributed by atoms with Gasteiger partial charge in [0, 0.05) is 5.56 Å². The van der Waals surface area contributed by atoms with Gasteiger partial charge in [0.05, 0.1) is 19.8 Å². The molecule has 0 aliphatic carbocycles. The van der Waals surface area contributed by atoms with Crippen molar-refractivity contribution < 1.29 is 9.84 Å². The summed E-state index contributed by atoms with van der Waals surface area (Å²) in [5, 5.41) is 12.9. The lowest BCUT2D eigenvalue weighted by Gasteiger charge is -2.20. The third-order valence-corrected chi connectivity index (χ3v) is 3.12. The molecule has 0 spiro atoms. The molecule has 0 fully saturated rings. The number of benzene rings is 1. The predicted molar refractivity (Wildman–Crippen MR) is 75.2 cm³/mol. The van der Waals surface area contributed by atoms with E-state index >= 15 is 0 Å². The van der Waals surface area contributed by atoms with Gasteiger partial charge in [0.1, 0.15) is 5.75 Å². The van der Waals surface area contributed by atoms with Gasteiger partial charge in [-0.3, -0.25) is 0 Å². The Bertz CT molecular complexity index is 364. The molecule has 1 atom stereocenters. The van der Waals surface area contributed by atoms with Crippen LogP contribution in [0.3, 0.4) is 0 Å². The number of nitrogens with one attached hydrogen (secondary N) is 1. The lowest BCUT2D eigenvalue weighted by Crippen LogP contribution is -2.25. The van der Waals surface area contributed by atoms with Crippen LogP contribution in [0.5, 0.6) is 5.75 Å². The number of methoxy groups -OCH3 is 1. The van der Waals surface area contributed by atoms with Crippen molar-refractivity contribution in [3.8, 4) is 5.75 Å². The topological polar surface area (TPSA) is 41.5 Å². The van der Waals surface area contributed by atoms with Gasteiger partial charge in [-0.15, -0.1) is 0 Å². The van der Waals surface area contributed by atoms with E-state index in [0.717, 1.165) is 24.3 Å². The minimum absolute atomic E-state index is 0.0569. The van der Waals surface area contributed by atoms with E-state index in [-0.39, 0.29) is 12.6 Å². The second-order valence-electron chi connectivity index (χ2n) is 4.85. The highest BCUT2D eigenvalue weighted by Crippen LogP contribution is 2.29. The summed E-state index contributed by atoms with van der Waals surface area (Å²) in [4.78, 5) is 0. The Morgan fingerprint density at radius 3 is 2.56 bits per heavy atom. The molecular weight excluding hydrogens is 226 g/mol. The molecule has 3 nitrogen and oxygen atoms in total.